The Hall–Kier alpha value is -5.25. The normalized spacial score (nSPS) is 14.9. The molecule has 4 aromatic rings. The number of benzene rings is 1. The van der Waals surface area contributed by atoms with Crippen LogP contribution in [0.2, 0.25) is 10.0 Å². The van der Waals surface area contributed by atoms with Crippen LogP contribution in [0.1, 0.15) is 29.9 Å². The lowest BCUT2D eigenvalue weighted by Crippen LogP contribution is -2.47. The molecule has 1 aromatic carbocycles. The van der Waals surface area contributed by atoms with E-state index < -0.39 is 22.6 Å². The molecule has 0 bridgehead atoms. The molecule has 1 saturated heterocycles. The third-order valence-corrected chi connectivity index (χ3v) is 10.8. The highest BCUT2D eigenvalue weighted by Crippen LogP contribution is 2.32. The molecule has 1 amide bonds. The van der Waals surface area contributed by atoms with E-state index in [-0.39, 0.29) is 107 Å². The number of pyridine rings is 3. The summed E-state index contributed by atoms with van der Waals surface area (Å²) < 4.78 is 23.8. The highest BCUT2D eigenvalue weighted by molar-refractivity contribution is 6.37. The van der Waals surface area contributed by atoms with Crippen LogP contribution in [-0.2, 0) is 43.4 Å². The summed E-state index contributed by atoms with van der Waals surface area (Å²) in [5.41, 5.74) is -0.628. The van der Waals surface area contributed by atoms with Crippen molar-refractivity contribution in [1.29, 1.82) is 0 Å². The number of carbonyl (C=O) groups is 2. The van der Waals surface area contributed by atoms with Gasteiger partial charge in [-0.1, -0.05) is 47.5 Å². The predicted molar refractivity (Wildman–Crippen MR) is 230 cm³/mol. The summed E-state index contributed by atoms with van der Waals surface area (Å²) >= 11 is 12.1. The average molecular weight is 919 g/mol. The van der Waals surface area contributed by atoms with Gasteiger partial charge in [0.05, 0.1) is 79.6 Å². The molecule has 0 aliphatic carbocycles. The van der Waals surface area contributed by atoms with Gasteiger partial charge in [-0.3, -0.25) is 38.7 Å². The second-order valence-electron chi connectivity index (χ2n) is 14.6. The van der Waals surface area contributed by atoms with Gasteiger partial charge < -0.3 is 39.5 Å². The van der Waals surface area contributed by atoms with E-state index >= 15 is 0 Å². The zero-order valence-corrected chi connectivity index (χ0v) is 36.3. The number of hydrogen-bond donors (Lipinski definition) is 3. The van der Waals surface area contributed by atoms with Crippen LogP contribution in [0.4, 0.5) is 0 Å². The van der Waals surface area contributed by atoms with Crippen molar-refractivity contribution in [3.8, 4) is 5.75 Å². The third kappa shape index (κ3) is 15.5. The number of esters is 1. The first-order valence-electron chi connectivity index (χ1n) is 20.4. The largest absolute Gasteiger partial charge is 0.425 e. The number of hydrogen-bond acceptors (Lipinski definition) is 15. The molecule has 0 atom stereocenters. The molecule has 0 unspecified atom stereocenters. The van der Waals surface area contributed by atoms with Gasteiger partial charge in [-0.2, -0.15) is 14.2 Å². The maximum Gasteiger partial charge on any atom is 0.313 e. The van der Waals surface area contributed by atoms with E-state index in [1.54, 1.807) is 59.5 Å². The Labute approximate surface area is 373 Å². The van der Waals surface area contributed by atoms with Crippen molar-refractivity contribution in [2.45, 2.75) is 32.5 Å². The van der Waals surface area contributed by atoms with Crippen LogP contribution in [0.5, 0.6) is 5.75 Å². The molecule has 63 heavy (non-hydrogen) atoms. The third-order valence-electron chi connectivity index (χ3n) is 10.2. The highest BCUT2D eigenvalue weighted by atomic mass is 35.5. The quantitative estimate of drug-likeness (QED) is 0.0534. The Balaban J connectivity index is 1.15. The number of para-hydroxylation sites is 1. The van der Waals surface area contributed by atoms with Gasteiger partial charge in [-0.25, -0.2) is 0 Å². The standard InChI is InChI=1S/C42H53Cl2N7O12/c43-35-8-4-9-36(44)42(35)63-41(56)14-24-61-26-28-62-27-25-60-23-13-37(52)48-21-19-46(30-33-6-2-11-39(54)50(33)58)17-15-45(29-32-5-1-10-38(53)49(32)57)16-18-47(20-22-48)31-34-7-3-12-40(55)51(34)59/h1-12,57-59H,13-31H2. The van der Waals surface area contributed by atoms with Crippen molar-refractivity contribution in [1.82, 2.24) is 33.8 Å². The van der Waals surface area contributed by atoms with Gasteiger partial charge in [0.15, 0.2) is 5.75 Å². The molecule has 19 nitrogen and oxygen atoms in total. The van der Waals surface area contributed by atoms with Crippen LogP contribution >= 0.6 is 23.2 Å². The number of ether oxygens (including phenoxy) is 4. The molecule has 21 heteroatoms. The van der Waals surface area contributed by atoms with E-state index in [1.165, 1.54) is 18.2 Å². The summed E-state index contributed by atoms with van der Waals surface area (Å²) in [7, 11) is 0. The van der Waals surface area contributed by atoms with E-state index in [0.717, 1.165) is 0 Å². The lowest BCUT2D eigenvalue weighted by atomic mass is 10.2. The molecule has 5 rings (SSSR count). The van der Waals surface area contributed by atoms with Gasteiger partial charge >= 0.3 is 5.97 Å². The first kappa shape index (κ1) is 48.8. The van der Waals surface area contributed by atoms with Gasteiger partial charge in [0, 0.05) is 90.2 Å². The molecule has 3 aromatic heterocycles. The number of rotatable bonds is 19. The van der Waals surface area contributed by atoms with Crippen LogP contribution in [0.15, 0.2) is 87.2 Å². The number of carbonyl (C=O) groups excluding carboxylic acids is 2. The molecule has 1 aliphatic rings. The van der Waals surface area contributed by atoms with E-state index in [4.69, 9.17) is 42.1 Å². The van der Waals surface area contributed by atoms with Gasteiger partial charge in [-0.15, -0.1) is 0 Å². The van der Waals surface area contributed by atoms with E-state index in [1.807, 2.05) is 14.7 Å². The van der Waals surface area contributed by atoms with E-state index in [9.17, 15) is 39.6 Å². The summed E-state index contributed by atoms with van der Waals surface area (Å²) in [5.74, 6) is -0.603. The summed E-state index contributed by atoms with van der Waals surface area (Å²) in [6.45, 7) is 4.79. The second-order valence-corrected chi connectivity index (χ2v) is 15.4. The second kappa shape index (κ2) is 25.1. The molecule has 1 aliphatic heterocycles. The molecule has 3 N–H and O–H groups in total. The lowest BCUT2D eigenvalue weighted by Gasteiger charge is -2.34. The zero-order chi connectivity index (χ0) is 45.1. The molecule has 0 saturated carbocycles. The smallest absolute Gasteiger partial charge is 0.313 e. The summed E-state index contributed by atoms with van der Waals surface area (Å²) in [6, 6.07) is 18.2. The van der Waals surface area contributed by atoms with Gasteiger partial charge in [-0.05, 0) is 30.3 Å². The maximum absolute atomic E-state index is 13.8. The number of amides is 1. The minimum absolute atomic E-state index is 0.00846. The van der Waals surface area contributed by atoms with Crippen LogP contribution < -0.4 is 21.4 Å². The van der Waals surface area contributed by atoms with Crippen molar-refractivity contribution in [3.05, 3.63) is 131 Å². The Kier molecular flexibility index (Phi) is 19.5. The van der Waals surface area contributed by atoms with Crippen LogP contribution in [-0.4, -0.2) is 153 Å². The Morgan fingerprint density at radius 2 is 0.841 bits per heavy atom. The van der Waals surface area contributed by atoms with Crippen molar-refractivity contribution < 1.29 is 44.2 Å². The summed E-state index contributed by atoms with van der Waals surface area (Å²) in [4.78, 5) is 70.5. The maximum atomic E-state index is 13.8. The minimum atomic E-state index is -0.577. The fourth-order valence-corrected chi connectivity index (χ4v) is 7.11. The van der Waals surface area contributed by atoms with E-state index in [0.29, 0.717) is 70.5 Å². The van der Waals surface area contributed by atoms with Gasteiger partial charge in [0.2, 0.25) is 5.91 Å². The highest BCUT2D eigenvalue weighted by Gasteiger charge is 2.22. The molecular weight excluding hydrogens is 865 g/mol. The summed E-state index contributed by atoms with van der Waals surface area (Å²) in [6.07, 6.45) is 0.0710. The van der Waals surface area contributed by atoms with Crippen LogP contribution in [0.3, 0.4) is 0 Å². The average Bonchev–Trinajstić information content (AvgIpc) is 3.25. The fourth-order valence-electron chi connectivity index (χ4n) is 6.64. The lowest BCUT2D eigenvalue weighted by molar-refractivity contribution is -0.135. The molecule has 342 valence electrons. The monoisotopic (exact) mass is 917 g/mol. The molecule has 1 fully saturated rings. The Morgan fingerprint density at radius 1 is 0.492 bits per heavy atom. The molecule has 4 heterocycles. The molecular formula is C42H53Cl2N7O12. The van der Waals surface area contributed by atoms with Crippen molar-refractivity contribution in [3.63, 3.8) is 0 Å². The number of nitrogens with zero attached hydrogens (tertiary/aromatic N) is 7. The number of aromatic nitrogens is 3. The van der Waals surface area contributed by atoms with Gasteiger partial charge in [0.1, 0.15) is 0 Å². The van der Waals surface area contributed by atoms with Crippen molar-refractivity contribution in [2.75, 3.05) is 92.0 Å². The van der Waals surface area contributed by atoms with Crippen molar-refractivity contribution >= 4 is 35.1 Å². The number of halogens is 2. The molecule has 0 radical (unpaired) electrons. The molecule has 0 spiro atoms. The first-order chi connectivity index (χ1) is 30.4. The van der Waals surface area contributed by atoms with E-state index in [2.05, 4.69) is 0 Å². The van der Waals surface area contributed by atoms with Crippen LogP contribution in [0.25, 0.3) is 0 Å². The SMILES string of the molecule is O=C(CCOCCOCCOCCC(=O)N1CCN(Cc2cccc(=O)n2O)CCN(Cc2cccc(=O)n2O)CCN(Cc2cccc(=O)n2O)CC1)Oc1c(Cl)cccc1Cl. The topological polar surface area (TPSA) is 211 Å². The zero-order valence-electron chi connectivity index (χ0n) is 34.8. The fraction of sp³-hybridized carbons (Fsp3) is 0.452. The first-order valence-corrected chi connectivity index (χ1v) is 21.2. The Morgan fingerprint density at radius 3 is 1.25 bits per heavy atom. The van der Waals surface area contributed by atoms with Crippen LogP contribution in [0, 0.1) is 0 Å². The van der Waals surface area contributed by atoms with Gasteiger partial charge in [0.25, 0.3) is 16.7 Å². The Bertz CT molecular complexity index is 2190. The predicted octanol–water partition coefficient (Wildman–Crippen LogP) is 2.27. The summed E-state index contributed by atoms with van der Waals surface area (Å²) in [5, 5.41) is 32.0. The van der Waals surface area contributed by atoms with Crippen molar-refractivity contribution in [2.24, 2.45) is 0 Å². The minimum Gasteiger partial charge on any atom is -0.425 e.